The van der Waals surface area contributed by atoms with E-state index in [-0.39, 0.29) is 11.8 Å². The third-order valence-electron chi connectivity index (χ3n) is 5.32. The van der Waals surface area contributed by atoms with Gasteiger partial charge in [-0.25, -0.2) is 0 Å². The van der Waals surface area contributed by atoms with E-state index in [1.54, 1.807) is 0 Å². The van der Waals surface area contributed by atoms with Crippen LogP contribution in [0.1, 0.15) is 19.3 Å². The van der Waals surface area contributed by atoms with Crippen molar-refractivity contribution in [3.8, 4) is 0 Å². The van der Waals surface area contributed by atoms with Crippen molar-refractivity contribution in [1.82, 2.24) is 35.5 Å². The van der Waals surface area contributed by atoms with Gasteiger partial charge in [0.1, 0.15) is 0 Å². The molecule has 2 aliphatic rings. The van der Waals surface area contributed by atoms with Gasteiger partial charge in [-0.15, -0.1) is 14.8 Å². The van der Waals surface area contributed by atoms with Crippen LogP contribution in [0, 0.1) is 11.8 Å². The SMILES string of the molecule is CN1CCC(C(=O)NCC2CCN(c3ccc4nnnn4n3)C2)CC1. The van der Waals surface area contributed by atoms with Gasteiger partial charge in [0, 0.05) is 25.6 Å². The predicted molar refractivity (Wildman–Crippen MR) is 92.1 cm³/mol. The fraction of sp³-hybridized carbons (Fsp3) is 0.688. The van der Waals surface area contributed by atoms with Crippen LogP contribution < -0.4 is 10.2 Å². The molecule has 1 N–H and O–H groups in total. The number of fused-ring (bicyclic) bond motifs is 1. The highest BCUT2D eigenvalue weighted by molar-refractivity contribution is 5.78. The molecule has 9 nitrogen and oxygen atoms in total. The molecular weight excluding hydrogens is 320 g/mol. The van der Waals surface area contributed by atoms with E-state index in [1.165, 1.54) is 4.63 Å². The summed E-state index contributed by atoms with van der Waals surface area (Å²) >= 11 is 0. The maximum atomic E-state index is 12.3. The molecule has 0 bridgehead atoms. The fourth-order valence-corrected chi connectivity index (χ4v) is 3.68. The maximum absolute atomic E-state index is 12.3. The number of nitrogens with zero attached hydrogens (tertiary/aromatic N) is 7. The normalized spacial score (nSPS) is 22.6. The van der Waals surface area contributed by atoms with E-state index in [0.717, 1.165) is 57.8 Å². The van der Waals surface area contributed by atoms with Gasteiger partial charge in [0.2, 0.25) is 5.91 Å². The smallest absolute Gasteiger partial charge is 0.223 e. The number of piperidine rings is 1. The Labute approximate surface area is 146 Å². The second-order valence-electron chi connectivity index (χ2n) is 7.14. The maximum Gasteiger partial charge on any atom is 0.223 e. The van der Waals surface area contributed by atoms with Gasteiger partial charge in [0.05, 0.1) is 0 Å². The highest BCUT2D eigenvalue weighted by Crippen LogP contribution is 2.22. The van der Waals surface area contributed by atoms with Crippen molar-refractivity contribution in [3.05, 3.63) is 12.1 Å². The van der Waals surface area contributed by atoms with Crippen LogP contribution in [0.4, 0.5) is 5.82 Å². The molecule has 2 fully saturated rings. The van der Waals surface area contributed by atoms with Crippen molar-refractivity contribution < 1.29 is 4.79 Å². The van der Waals surface area contributed by atoms with Gasteiger partial charge in [-0.1, -0.05) is 0 Å². The zero-order valence-corrected chi connectivity index (χ0v) is 14.5. The standard InChI is InChI=1S/C16H24N8O/c1-22-7-5-13(6-8-22)16(25)17-10-12-4-9-23(11-12)15-3-2-14-18-20-21-24(14)19-15/h2-3,12-13H,4-11H2,1H3,(H,17,25). The number of likely N-dealkylation sites (tertiary alicyclic amines) is 1. The number of rotatable bonds is 4. The zero-order valence-electron chi connectivity index (χ0n) is 14.5. The lowest BCUT2D eigenvalue weighted by atomic mass is 9.96. The molecule has 0 aliphatic carbocycles. The molecule has 2 aliphatic heterocycles. The first-order chi connectivity index (χ1) is 12.2. The van der Waals surface area contributed by atoms with Gasteiger partial charge in [-0.05, 0) is 67.9 Å². The molecule has 1 unspecified atom stereocenters. The third kappa shape index (κ3) is 3.55. The van der Waals surface area contributed by atoms with Crippen LogP contribution in [0.15, 0.2) is 12.1 Å². The van der Waals surface area contributed by atoms with Gasteiger partial charge >= 0.3 is 0 Å². The van der Waals surface area contributed by atoms with E-state index in [9.17, 15) is 4.79 Å². The van der Waals surface area contributed by atoms with E-state index in [0.29, 0.717) is 11.6 Å². The number of carbonyl (C=O) groups is 1. The number of hydrogen-bond acceptors (Lipinski definition) is 7. The minimum absolute atomic E-state index is 0.178. The quantitative estimate of drug-likeness (QED) is 0.821. The summed E-state index contributed by atoms with van der Waals surface area (Å²) in [5, 5.41) is 18.9. The minimum Gasteiger partial charge on any atom is -0.356 e. The predicted octanol–water partition coefficient (Wildman–Crippen LogP) is -0.196. The lowest BCUT2D eigenvalue weighted by Gasteiger charge is -2.28. The summed E-state index contributed by atoms with van der Waals surface area (Å²) in [6.45, 7) is 4.61. The molecule has 4 rings (SSSR count). The number of nitrogens with one attached hydrogen (secondary N) is 1. The summed E-state index contributed by atoms with van der Waals surface area (Å²) in [6.07, 6.45) is 2.99. The van der Waals surface area contributed by atoms with Crippen LogP contribution in [0.2, 0.25) is 0 Å². The Morgan fingerprint density at radius 2 is 2.08 bits per heavy atom. The largest absolute Gasteiger partial charge is 0.356 e. The lowest BCUT2D eigenvalue weighted by molar-refractivity contribution is -0.126. The molecule has 2 aromatic heterocycles. The van der Waals surface area contributed by atoms with Crippen LogP contribution in [0.25, 0.3) is 5.65 Å². The Kier molecular flexibility index (Phi) is 4.48. The highest BCUT2D eigenvalue weighted by atomic mass is 16.1. The fourth-order valence-electron chi connectivity index (χ4n) is 3.68. The van der Waals surface area contributed by atoms with Crippen molar-refractivity contribution in [2.75, 3.05) is 44.7 Å². The lowest BCUT2D eigenvalue weighted by Crippen LogP contribution is -2.40. The summed E-state index contributed by atoms with van der Waals surface area (Å²) in [5.74, 6) is 1.74. The molecule has 0 radical (unpaired) electrons. The monoisotopic (exact) mass is 344 g/mol. The van der Waals surface area contributed by atoms with E-state index in [1.807, 2.05) is 12.1 Å². The van der Waals surface area contributed by atoms with E-state index < -0.39 is 0 Å². The van der Waals surface area contributed by atoms with Gasteiger partial charge < -0.3 is 15.1 Å². The van der Waals surface area contributed by atoms with Crippen molar-refractivity contribution in [1.29, 1.82) is 0 Å². The van der Waals surface area contributed by atoms with Gasteiger partial charge in [-0.2, -0.15) is 0 Å². The molecule has 134 valence electrons. The molecule has 2 saturated heterocycles. The molecule has 4 heterocycles. The van der Waals surface area contributed by atoms with Gasteiger partial charge in [0.25, 0.3) is 0 Å². The van der Waals surface area contributed by atoms with Crippen LogP contribution in [0.3, 0.4) is 0 Å². The number of carbonyl (C=O) groups excluding carboxylic acids is 1. The Hall–Kier alpha value is -2.29. The van der Waals surface area contributed by atoms with Crippen molar-refractivity contribution in [3.63, 3.8) is 0 Å². The van der Waals surface area contributed by atoms with Crippen LogP contribution in [0.5, 0.6) is 0 Å². The van der Waals surface area contributed by atoms with Gasteiger partial charge in [-0.3, -0.25) is 4.79 Å². The molecule has 25 heavy (non-hydrogen) atoms. The molecule has 1 atom stereocenters. The van der Waals surface area contributed by atoms with E-state index in [2.05, 4.69) is 42.8 Å². The number of hydrogen-bond donors (Lipinski definition) is 1. The van der Waals surface area contributed by atoms with Crippen molar-refractivity contribution in [2.24, 2.45) is 11.8 Å². The average Bonchev–Trinajstić information content (AvgIpc) is 3.28. The molecule has 0 aromatic carbocycles. The summed E-state index contributed by atoms with van der Waals surface area (Å²) in [5.41, 5.74) is 0.643. The average molecular weight is 344 g/mol. The number of aromatic nitrogens is 5. The van der Waals surface area contributed by atoms with Crippen LogP contribution >= 0.6 is 0 Å². The Morgan fingerprint density at radius 1 is 1.24 bits per heavy atom. The van der Waals surface area contributed by atoms with Crippen LogP contribution in [-0.2, 0) is 4.79 Å². The van der Waals surface area contributed by atoms with Gasteiger partial charge in [0.15, 0.2) is 11.5 Å². The number of tetrazole rings is 1. The van der Waals surface area contributed by atoms with Crippen LogP contribution in [-0.4, -0.2) is 75.8 Å². The second kappa shape index (κ2) is 6.91. The highest BCUT2D eigenvalue weighted by Gasteiger charge is 2.27. The Bertz CT molecular complexity index is 739. The summed E-state index contributed by atoms with van der Waals surface area (Å²) < 4.78 is 1.45. The van der Waals surface area contributed by atoms with E-state index in [4.69, 9.17) is 0 Å². The molecule has 0 saturated carbocycles. The number of anilines is 1. The van der Waals surface area contributed by atoms with E-state index >= 15 is 0 Å². The molecule has 2 aromatic rings. The molecule has 9 heteroatoms. The molecular formula is C16H24N8O. The molecule has 0 spiro atoms. The zero-order chi connectivity index (χ0) is 17.2. The second-order valence-corrected chi connectivity index (χ2v) is 7.14. The minimum atomic E-state index is 0.178. The number of amides is 1. The Balaban J connectivity index is 1.28. The first-order valence-corrected chi connectivity index (χ1v) is 8.95. The third-order valence-corrected chi connectivity index (χ3v) is 5.32. The summed E-state index contributed by atoms with van der Waals surface area (Å²) in [4.78, 5) is 16.9. The summed E-state index contributed by atoms with van der Waals surface area (Å²) in [6, 6.07) is 3.82. The van der Waals surface area contributed by atoms with Crippen molar-refractivity contribution >= 4 is 17.4 Å². The Morgan fingerprint density at radius 3 is 2.92 bits per heavy atom. The summed E-state index contributed by atoms with van der Waals surface area (Å²) in [7, 11) is 2.11. The topological polar surface area (TPSA) is 91.5 Å². The first kappa shape index (κ1) is 16.2. The first-order valence-electron chi connectivity index (χ1n) is 8.95. The molecule has 1 amide bonds. The van der Waals surface area contributed by atoms with Crippen molar-refractivity contribution in [2.45, 2.75) is 19.3 Å².